The van der Waals surface area contributed by atoms with E-state index >= 15 is 0 Å². The van der Waals surface area contributed by atoms with E-state index in [9.17, 15) is 14.4 Å². The molecule has 0 heterocycles. The molecule has 0 radical (unpaired) electrons. The molecule has 0 aromatic carbocycles. The smallest absolute Gasteiger partial charge is 0.306 e. The highest BCUT2D eigenvalue weighted by atomic mass is 16.6. The molecule has 0 aromatic heterocycles. The zero-order valence-electron chi connectivity index (χ0n) is 44.8. The Morgan fingerprint density at radius 2 is 0.538 bits per heavy atom. The fraction of sp³-hybridized carbons (Fsp3) is 0.949. The predicted molar refractivity (Wildman–Crippen MR) is 279 cm³/mol. The normalized spacial score (nSPS) is 12.6. The fourth-order valence-corrected chi connectivity index (χ4v) is 8.97. The van der Waals surface area contributed by atoms with Gasteiger partial charge in [0.25, 0.3) is 0 Å². The highest BCUT2D eigenvalue weighted by Crippen LogP contribution is 2.19. The average Bonchev–Trinajstić information content (AvgIpc) is 3.28. The number of hydrogen-bond acceptors (Lipinski definition) is 6. The fourth-order valence-electron chi connectivity index (χ4n) is 8.97. The Hall–Kier alpha value is -1.59. The summed E-state index contributed by atoms with van der Waals surface area (Å²) in [6.45, 7) is 13.8. The molecule has 1 unspecified atom stereocenters. The van der Waals surface area contributed by atoms with Crippen molar-refractivity contribution in [2.24, 2.45) is 17.8 Å². The lowest BCUT2D eigenvalue weighted by molar-refractivity contribution is -0.167. The van der Waals surface area contributed by atoms with Gasteiger partial charge < -0.3 is 14.2 Å². The predicted octanol–water partition coefficient (Wildman–Crippen LogP) is 19.1. The molecule has 0 spiro atoms. The lowest BCUT2D eigenvalue weighted by atomic mass is 9.99. The largest absolute Gasteiger partial charge is 0.462 e. The van der Waals surface area contributed by atoms with Crippen molar-refractivity contribution in [3.8, 4) is 0 Å². The number of hydrogen-bond donors (Lipinski definition) is 0. The molecule has 65 heavy (non-hydrogen) atoms. The van der Waals surface area contributed by atoms with Crippen molar-refractivity contribution in [2.75, 3.05) is 13.2 Å². The third kappa shape index (κ3) is 51.6. The van der Waals surface area contributed by atoms with Crippen molar-refractivity contribution in [1.82, 2.24) is 0 Å². The van der Waals surface area contributed by atoms with Gasteiger partial charge in [-0.2, -0.15) is 0 Å². The molecule has 0 aliphatic carbocycles. The van der Waals surface area contributed by atoms with Crippen LogP contribution in [0.2, 0.25) is 0 Å². The van der Waals surface area contributed by atoms with Crippen LogP contribution in [0.3, 0.4) is 0 Å². The quantitative estimate of drug-likeness (QED) is 0.0344. The molecule has 2 atom stereocenters. The molecule has 0 saturated carbocycles. The molecule has 6 heteroatoms. The van der Waals surface area contributed by atoms with Crippen LogP contribution in [0.15, 0.2) is 0 Å². The summed E-state index contributed by atoms with van der Waals surface area (Å²) >= 11 is 0. The molecule has 0 rings (SSSR count). The monoisotopic (exact) mass is 919 g/mol. The minimum Gasteiger partial charge on any atom is -0.462 e. The van der Waals surface area contributed by atoms with Gasteiger partial charge in [0.1, 0.15) is 13.2 Å². The summed E-state index contributed by atoms with van der Waals surface area (Å²) in [4.78, 5) is 38.1. The van der Waals surface area contributed by atoms with Crippen LogP contribution in [0, 0.1) is 17.8 Å². The summed E-state index contributed by atoms with van der Waals surface area (Å²) in [6, 6.07) is 0. The van der Waals surface area contributed by atoms with E-state index in [1.807, 2.05) is 0 Å². The molecule has 0 aliphatic heterocycles. The van der Waals surface area contributed by atoms with Gasteiger partial charge in [-0.25, -0.2) is 0 Å². The SMILES string of the molecule is CCC(C)CCCCCCCCCCC(=O)O[C@H](COC(=O)CCCCCCCCCCCCCCCCCCCCC(C)C)COC(=O)CCCCCCCCCCCCCC(C)C. The number of unbranched alkanes of at least 4 members (excludes halogenated alkanes) is 34. The molecular formula is C59H114O6. The highest BCUT2D eigenvalue weighted by molar-refractivity contribution is 5.71. The van der Waals surface area contributed by atoms with E-state index in [1.54, 1.807) is 0 Å². The molecule has 0 aromatic rings. The van der Waals surface area contributed by atoms with Crippen molar-refractivity contribution in [2.45, 2.75) is 330 Å². The summed E-state index contributed by atoms with van der Waals surface area (Å²) in [5.74, 6) is 1.68. The molecule has 0 saturated heterocycles. The van der Waals surface area contributed by atoms with Crippen LogP contribution in [0.1, 0.15) is 324 Å². The number of ether oxygens (including phenoxy) is 3. The van der Waals surface area contributed by atoms with Gasteiger partial charge in [-0.1, -0.05) is 286 Å². The van der Waals surface area contributed by atoms with E-state index in [0.717, 1.165) is 75.5 Å². The maximum atomic E-state index is 12.8. The van der Waals surface area contributed by atoms with Crippen molar-refractivity contribution < 1.29 is 28.6 Å². The summed E-state index contributed by atoms with van der Waals surface area (Å²) < 4.78 is 16.9. The topological polar surface area (TPSA) is 78.9 Å². The number of carbonyl (C=O) groups excluding carboxylic acids is 3. The van der Waals surface area contributed by atoms with Crippen LogP contribution in [0.5, 0.6) is 0 Å². The minimum absolute atomic E-state index is 0.0640. The molecule has 0 amide bonds. The van der Waals surface area contributed by atoms with Crippen molar-refractivity contribution in [3.05, 3.63) is 0 Å². The molecule has 0 bridgehead atoms. The average molecular weight is 920 g/mol. The third-order valence-corrected chi connectivity index (χ3v) is 13.8. The van der Waals surface area contributed by atoms with E-state index in [1.165, 1.54) is 205 Å². The summed E-state index contributed by atoms with van der Waals surface area (Å²) in [6.07, 6.45) is 52.4. The second-order valence-corrected chi connectivity index (χ2v) is 21.5. The zero-order chi connectivity index (χ0) is 47.7. The summed E-state index contributed by atoms with van der Waals surface area (Å²) in [7, 11) is 0. The van der Waals surface area contributed by atoms with Gasteiger partial charge in [-0.15, -0.1) is 0 Å². The van der Waals surface area contributed by atoms with Crippen LogP contribution >= 0.6 is 0 Å². The highest BCUT2D eigenvalue weighted by Gasteiger charge is 2.19. The van der Waals surface area contributed by atoms with Crippen molar-refractivity contribution in [3.63, 3.8) is 0 Å². The van der Waals surface area contributed by atoms with Crippen LogP contribution in [0.4, 0.5) is 0 Å². The first-order chi connectivity index (χ1) is 31.6. The zero-order valence-corrected chi connectivity index (χ0v) is 44.8. The van der Waals surface area contributed by atoms with E-state index < -0.39 is 6.10 Å². The molecule has 0 fully saturated rings. The molecular weight excluding hydrogens is 805 g/mol. The lowest BCUT2D eigenvalue weighted by Gasteiger charge is -2.18. The Labute approximate surface area is 406 Å². The standard InChI is InChI=1S/C59H114O6/c1-7-55(6)47-41-35-29-25-26-32-38-44-50-59(62)65-56(52-64-58(61)49-43-37-31-24-20-16-18-22-28-34-40-46-54(4)5)51-63-57(60)48-42-36-30-23-19-15-13-11-9-8-10-12-14-17-21-27-33-39-45-53(2)3/h53-56H,7-52H2,1-6H3/t55?,56-/m1/s1. The first-order valence-corrected chi connectivity index (χ1v) is 29.1. The number of rotatable bonds is 52. The van der Waals surface area contributed by atoms with E-state index in [2.05, 4.69) is 41.5 Å². The number of carbonyl (C=O) groups is 3. The van der Waals surface area contributed by atoms with Crippen molar-refractivity contribution in [1.29, 1.82) is 0 Å². The molecule has 0 N–H and O–H groups in total. The van der Waals surface area contributed by atoms with E-state index in [-0.39, 0.29) is 31.1 Å². The molecule has 386 valence electrons. The van der Waals surface area contributed by atoms with Crippen LogP contribution in [0.25, 0.3) is 0 Å². The van der Waals surface area contributed by atoms with Gasteiger partial charge in [0.2, 0.25) is 0 Å². The third-order valence-electron chi connectivity index (χ3n) is 13.8. The maximum Gasteiger partial charge on any atom is 0.306 e. The Bertz CT molecular complexity index is 1010. The van der Waals surface area contributed by atoms with E-state index in [4.69, 9.17) is 14.2 Å². The Balaban J connectivity index is 4.24. The maximum absolute atomic E-state index is 12.8. The van der Waals surface area contributed by atoms with Gasteiger partial charge in [-0.3, -0.25) is 14.4 Å². The van der Waals surface area contributed by atoms with Crippen LogP contribution in [-0.2, 0) is 28.6 Å². The number of esters is 3. The second-order valence-electron chi connectivity index (χ2n) is 21.5. The van der Waals surface area contributed by atoms with Gasteiger partial charge in [0.05, 0.1) is 0 Å². The van der Waals surface area contributed by atoms with Crippen LogP contribution in [-0.4, -0.2) is 37.2 Å². The first kappa shape index (κ1) is 63.4. The summed E-state index contributed by atoms with van der Waals surface area (Å²) in [5, 5.41) is 0. The summed E-state index contributed by atoms with van der Waals surface area (Å²) in [5.41, 5.74) is 0. The van der Waals surface area contributed by atoms with Crippen molar-refractivity contribution >= 4 is 17.9 Å². The Morgan fingerprint density at radius 3 is 0.800 bits per heavy atom. The van der Waals surface area contributed by atoms with Gasteiger partial charge in [-0.05, 0) is 37.0 Å². The molecule has 6 nitrogen and oxygen atoms in total. The Kier molecular flexibility index (Phi) is 49.1. The Morgan fingerprint density at radius 1 is 0.308 bits per heavy atom. The lowest BCUT2D eigenvalue weighted by Crippen LogP contribution is -2.30. The van der Waals surface area contributed by atoms with Crippen LogP contribution < -0.4 is 0 Å². The van der Waals surface area contributed by atoms with E-state index in [0.29, 0.717) is 19.3 Å². The van der Waals surface area contributed by atoms with Gasteiger partial charge in [0.15, 0.2) is 6.10 Å². The van der Waals surface area contributed by atoms with Gasteiger partial charge >= 0.3 is 17.9 Å². The molecule has 0 aliphatic rings. The van der Waals surface area contributed by atoms with Gasteiger partial charge in [0, 0.05) is 19.3 Å². The minimum atomic E-state index is -0.764. The second kappa shape index (κ2) is 50.3. The first-order valence-electron chi connectivity index (χ1n) is 29.1.